The van der Waals surface area contributed by atoms with E-state index in [4.69, 9.17) is 14.0 Å². The number of ether oxygens (including phenoxy) is 1. The molecule has 1 aliphatic rings. The molecule has 4 heteroatoms. The zero-order valence-electron chi connectivity index (χ0n) is 9.38. The van der Waals surface area contributed by atoms with Crippen molar-refractivity contribution in [1.29, 1.82) is 0 Å². The minimum absolute atomic E-state index is 0.0268. The maximum atomic E-state index is 5.77. The quantitative estimate of drug-likeness (QED) is 0.613. The summed E-state index contributed by atoms with van der Waals surface area (Å²) in [5.74, 6) is 0. The first kappa shape index (κ1) is 11.0. The smallest absolute Gasteiger partial charge is 0.402 e. The molecule has 3 nitrogen and oxygen atoms in total. The highest BCUT2D eigenvalue weighted by Gasteiger charge is 2.53. The lowest BCUT2D eigenvalue weighted by Gasteiger charge is -2.32. The third-order valence-corrected chi connectivity index (χ3v) is 3.03. The Kier molecular flexibility index (Phi) is 2.77. The van der Waals surface area contributed by atoms with Crippen LogP contribution in [0.5, 0.6) is 0 Å². The Bertz CT molecular complexity index is 175. The van der Waals surface area contributed by atoms with Crippen molar-refractivity contribution in [1.82, 2.24) is 0 Å². The largest absolute Gasteiger partial charge is 0.488 e. The Morgan fingerprint density at radius 2 is 1.46 bits per heavy atom. The van der Waals surface area contributed by atoms with E-state index < -0.39 is 0 Å². The van der Waals surface area contributed by atoms with E-state index in [-0.39, 0.29) is 24.3 Å². The van der Waals surface area contributed by atoms with Crippen LogP contribution in [0.15, 0.2) is 0 Å². The van der Waals surface area contributed by atoms with Crippen LogP contribution in [0.4, 0.5) is 0 Å². The first-order chi connectivity index (χ1) is 5.80. The van der Waals surface area contributed by atoms with Crippen molar-refractivity contribution in [2.75, 3.05) is 7.11 Å². The van der Waals surface area contributed by atoms with Crippen LogP contribution in [0.1, 0.15) is 34.6 Å². The Morgan fingerprint density at radius 3 is 1.77 bits per heavy atom. The molecule has 0 spiro atoms. The van der Waals surface area contributed by atoms with E-state index in [9.17, 15) is 0 Å². The Labute approximate surface area is 80.9 Å². The highest BCUT2D eigenvalue weighted by atomic mass is 16.7. The van der Waals surface area contributed by atoms with Gasteiger partial charge in [-0.1, -0.05) is 0 Å². The Balaban J connectivity index is 2.70. The van der Waals surface area contributed by atoms with Gasteiger partial charge in [-0.05, 0) is 34.6 Å². The van der Waals surface area contributed by atoms with Crippen molar-refractivity contribution in [3.63, 3.8) is 0 Å². The Hall–Kier alpha value is -0.0551. The van der Waals surface area contributed by atoms with Gasteiger partial charge in [-0.2, -0.15) is 0 Å². The molecule has 0 aliphatic carbocycles. The summed E-state index contributed by atoms with van der Waals surface area (Å²) < 4.78 is 16.7. The van der Waals surface area contributed by atoms with Gasteiger partial charge >= 0.3 is 7.12 Å². The predicted octanol–water partition coefficient (Wildman–Crippen LogP) is 1.65. The molecule has 0 aromatic carbocycles. The van der Waals surface area contributed by atoms with Crippen molar-refractivity contribution in [2.24, 2.45) is 0 Å². The van der Waals surface area contributed by atoms with Crippen molar-refractivity contribution >= 4 is 7.12 Å². The third kappa shape index (κ3) is 1.90. The molecular formula is C9H19BO3. The first-order valence-corrected chi connectivity index (χ1v) is 4.68. The second-order valence-corrected chi connectivity index (χ2v) is 4.57. The zero-order valence-corrected chi connectivity index (χ0v) is 9.38. The molecule has 0 bridgehead atoms. The molecular weight excluding hydrogens is 167 g/mol. The first-order valence-electron chi connectivity index (χ1n) is 4.68. The summed E-state index contributed by atoms with van der Waals surface area (Å²) in [5.41, 5.74) is -0.519. The lowest BCUT2D eigenvalue weighted by atomic mass is 9.82. The Morgan fingerprint density at radius 1 is 1.08 bits per heavy atom. The minimum Gasteiger partial charge on any atom is -0.402 e. The van der Waals surface area contributed by atoms with Crippen molar-refractivity contribution < 1.29 is 14.0 Å². The maximum absolute atomic E-state index is 5.77. The summed E-state index contributed by atoms with van der Waals surface area (Å²) in [7, 11) is 1.41. The van der Waals surface area contributed by atoms with Crippen LogP contribution in [-0.2, 0) is 14.0 Å². The number of hydrogen-bond donors (Lipinski definition) is 0. The minimum atomic E-state index is -0.259. The van der Waals surface area contributed by atoms with Crippen molar-refractivity contribution in [3.8, 4) is 0 Å². The molecule has 13 heavy (non-hydrogen) atoms. The lowest BCUT2D eigenvalue weighted by molar-refractivity contribution is 0.00578. The van der Waals surface area contributed by atoms with Crippen LogP contribution < -0.4 is 0 Å². The summed E-state index contributed by atoms with van der Waals surface area (Å²) >= 11 is 0. The molecule has 1 rings (SSSR count). The average Bonchev–Trinajstić information content (AvgIpc) is 2.20. The van der Waals surface area contributed by atoms with Gasteiger partial charge in [-0.3, -0.25) is 0 Å². The SMILES string of the molecule is COC(C)B1OC(C)(C)C(C)(C)O1. The monoisotopic (exact) mass is 186 g/mol. The number of methoxy groups -OCH3 is 1. The van der Waals surface area contributed by atoms with Crippen molar-refractivity contribution in [3.05, 3.63) is 0 Å². The van der Waals surface area contributed by atoms with Gasteiger partial charge in [0, 0.05) is 7.11 Å². The molecule has 0 aromatic rings. The van der Waals surface area contributed by atoms with Gasteiger partial charge in [0.25, 0.3) is 0 Å². The van der Waals surface area contributed by atoms with Gasteiger partial charge in [0.1, 0.15) is 0 Å². The summed E-state index contributed by atoms with van der Waals surface area (Å²) in [4.78, 5) is 0. The number of rotatable bonds is 2. The third-order valence-electron chi connectivity index (χ3n) is 3.03. The standard InChI is InChI=1S/C9H19BO3/c1-7(11-6)10-12-8(2,3)9(4,5)13-10/h7H,1-6H3. The summed E-state index contributed by atoms with van der Waals surface area (Å²) in [6, 6.07) is -0.0268. The van der Waals surface area contributed by atoms with E-state index in [1.54, 1.807) is 7.11 Å². The van der Waals surface area contributed by atoms with Crippen LogP contribution in [0, 0.1) is 0 Å². The molecule has 1 fully saturated rings. The van der Waals surface area contributed by atoms with E-state index in [0.717, 1.165) is 0 Å². The zero-order chi connectivity index (χ0) is 10.3. The van der Waals surface area contributed by atoms with Crippen molar-refractivity contribution in [2.45, 2.75) is 51.8 Å². The molecule has 0 saturated carbocycles. The van der Waals surface area contributed by atoms with Gasteiger partial charge in [0.15, 0.2) is 0 Å². The number of hydrogen-bond acceptors (Lipinski definition) is 3. The molecule has 1 saturated heterocycles. The van der Waals surface area contributed by atoms with Gasteiger partial charge in [-0.15, -0.1) is 0 Å². The van der Waals surface area contributed by atoms with Crippen LogP contribution in [-0.4, -0.2) is 31.4 Å². The second-order valence-electron chi connectivity index (χ2n) is 4.57. The van der Waals surface area contributed by atoms with E-state index in [1.165, 1.54) is 0 Å². The topological polar surface area (TPSA) is 27.7 Å². The molecule has 0 aromatic heterocycles. The van der Waals surface area contributed by atoms with Crippen LogP contribution in [0.2, 0.25) is 0 Å². The van der Waals surface area contributed by atoms with E-state index in [2.05, 4.69) is 0 Å². The fourth-order valence-corrected chi connectivity index (χ4v) is 1.19. The van der Waals surface area contributed by atoms with Gasteiger partial charge in [-0.25, -0.2) is 0 Å². The predicted molar refractivity (Wildman–Crippen MR) is 52.6 cm³/mol. The summed E-state index contributed by atoms with van der Waals surface area (Å²) in [6.07, 6.45) is 0. The molecule has 1 unspecified atom stereocenters. The second kappa shape index (κ2) is 3.26. The molecule has 76 valence electrons. The fourth-order valence-electron chi connectivity index (χ4n) is 1.19. The summed E-state index contributed by atoms with van der Waals surface area (Å²) in [6.45, 7) is 10.1. The summed E-state index contributed by atoms with van der Waals surface area (Å²) in [5, 5.41) is 0. The van der Waals surface area contributed by atoms with Crippen LogP contribution >= 0.6 is 0 Å². The normalized spacial score (nSPS) is 27.7. The molecule has 1 atom stereocenters. The highest BCUT2D eigenvalue weighted by molar-refractivity contribution is 6.47. The van der Waals surface area contributed by atoms with Crippen LogP contribution in [0.25, 0.3) is 0 Å². The lowest BCUT2D eigenvalue weighted by Crippen LogP contribution is -2.41. The van der Waals surface area contributed by atoms with E-state index in [1.807, 2.05) is 34.6 Å². The highest BCUT2D eigenvalue weighted by Crippen LogP contribution is 2.37. The average molecular weight is 186 g/mol. The molecule has 0 N–H and O–H groups in total. The molecule has 0 radical (unpaired) electrons. The van der Waals surface area contributed by atoms with Crippen LogP contribution in [0.3, 0.4) is 0 Å². The molecule has 1 aliphatic heterocycles. The van der Waals surface area contributed by atoms with Gasteiger partial charge in [0.05, 0.1) is 17.2 Å². The fraction of sp³-hybridized carbons (Fsp3) is 1.00. The molecule has 0 amide bonds. The van der Waals surface area contributed by atoms with Gasteiger partial charge in [0.2, 0.25) is 0 Å². The van der Waals surface area contributed by atoms with E-state index >= 15 is 0 Å². The van der Waals surface area contributed by atoms with E-state index in [0.29, 0.717) is 0 Å². The molecule has 1 heterocycles. The van der Waals surface area contributed by atoms with Gasteiger partial charge < -0.3 is 14.0 Å². The maximum Gasteiger partial charge on any atom is 0.488 e.